The minimum absolute atomic E-state index is 0.394. The molecule has 0 saturated heterocycles. The van der Waals surface area contributed by atoms with Crippen LogP contribution in [0.2, 0.25) is 0 Å². The van der Waals surface area contributed by atoms with E-state index < -0.39 is 0 Å². The van der Waals surface area contributed by atoms with Gasteiger partial charge in [-0.3, -0.25) is 0 Å². The maximum Gasteiger partial charge on any atom is 0.0371 e. The van der Waals surface area contributed by atoms with Crippen LogP contribution in [0, 0.1) is 6.92 Å². The summed E-state index contributed by atoms with van der Waals surface area (Å²) in [6, 6.07) is 11.5. The molecule has 1 atom stereocenters. The molecule has 0 bridgehead atoms. The first kappa shape index (κ1) is 16.7. The van der Waals surface area contributed by atoms with E-state index in [2.05, 4.69) is 72.3 Å². The minimum Gasteiger partial charge on any atom is -0.310 e. The van der Waals surface area contributed by atoms with Crippen LogP contribution in [0.5, 0.6) is 0 Å². The Bertz CT molecular complexity index is 576. The van der Waals surface area contributed by atoms with Crippen molar-refractivity contribution in [2.24, 2.45) is 0 Å². The van der Waals surface area contributed by atoms with E-state index in [-0.39, 0.29) is 0 Å². The summed E-state index contributed by atoms with van der Waals surface area (Å²) in [6.07, 6.45) is 3.36. The van der Waals surface area contributed by atoms with Crippen molar-refractivity contribution in [3.8, 4) is 0 Å². The Labute approximate surface area is 140 Å². The van der Waals surface area contributed by atoms with Gasteiger partial charge in [-0.2, -0.15) is 0 Å². The number of halogens is 1. The molecule has 0 spiro atoms. The Morgan fingerprint density at radius 1 is 1.14 bits per heavy atom. The molecule has 3 heteroatoms. The second-order valence-electron chi connectivity index (χ2n) is 5.39. The van der Waals surface area contributed by atoms with E-state index in [9.17, 15) is 0 Å². The molecule has 2 rings (SSSR count). The summed E-state index contributed by atoms with van der Waals surface area (Å²) in [4.78, 5) is 2.95. The van der Waals surface area contributed by atoms with Crippen LogP contribution >= 0.6 is 27.3 Å². The standard InChI is InChI=1S/C18H24BrNS/c1-4-11-20-18(12-15-10-9-14(5-2)21-15)16-7-6-8-17(19)13(16)3/h6-10,18,20H,4-5,11-12H2,1-3H3. The number of thiophene rings is 1. The van der Waals surface area contributed by atoms with Crippen LogP contribution in [0.15, 0.2) is 34.8 Å². The Morgan fingerprint density at radius 2 is 1.90 bits per heavy atom. The molecule has 0 saturated carbocycles. The lowest BCUT2D eigenvalue weighted by Gasteiger charge is -2.21. The van der Waals surface area contributed by atoms with E-state index in [0.717, 1.165) is 25.8 Å². The van der Waals surface area contributed by atoms with Crippen molar-refractivity contribution in [1.29, 1.82) is 0 Å². The van der Waals surface area contributed by atoms with Crippen molar-refractivity contribution in [3.05, 3.63) is 55.7 Å². The second-order valence-corrected chi connectivity index (χ2v) is 7.49. The van der Waals surface area contributed by atoms with Gasteiger partial charge in [0, 0.05) is 26.7 Å². The number of hydrogen-bond donors (Lipinski definition) is 1. The monoisotopic (exact) mass is 365 g/mol. The average Bonchev–Trinajstić information content (AvgIpc) is 2.94. The molecule has 1 nitrogen and oxygen atoms in total. The molecule has 1 aromatic carbocycles. The van der Waals surface area contributed by atoms with Gasteiger partial charge in [0.25, 0.3) is 0 Å². The summed E-state index contributed by atoms with van der Waals surface area (Å²) in [7, 11) is 0. The molecule has 2 aromatic rings. The Balaban J connectivity index is 2.23. The fourth-order valence-electron chi connectivity index (χ4n) is 2.54. The summed E-state index contributed by atoms with van der Waals surface area (Å²) < 4.78 is 1.20. The summed E-state index contributed by atoms with van der Waals surface area (Å²) in [6.45, 7) is 7.70. The van der Waals surface area contributed by atoms with Crippen molar-refractivity contribution >= 4 is 27.3 Å². The molecular formula is C18H24BrNS. The normalized spacial score (nSPS) is 12.6. The highest BCUT2D eigenvalue weighted by Gasteiger charge is 2.16. The zero-order valence-corrected chi connectivity index (χ0v) is 15.5. The number of hydrogen-bond acceptors (Lipinski definition) is 2. The maximum atomic E-state index is 3.72. The van der Waals surface area contributed by atoms with Gasteiger partial charge in [-0.1, -0.05) is 41.9 Å². The summed E-state index contributed by atoms with van der Waals surface area (Å²) >= 11 is 5.61. The topological polar surface area (TPSA) is 12.0 Å². The van der Waals surface area contributed by atoms with Crippen LogP contribution in [-0.2, 0) is 12.8 Å². The number of benzene rings is 1. The van der Waals surface area contributed by atoms with E-state index in [1.165, 1.54) is 25.4 Å². The van der Waals surface area contributed by atoms with Gasteiger partial charge in [0.2, 0.25) is 0 Å². The van der Waals surface area contributed by atoms with E-state index >= 15 is 0 Å². The van der Waals surface area contributed by atoms with Gasteiger partial charge in [0.05, 0.1) is 0 Å². The lowest BCUT2D eigenvalue weighted by Crippen LogP contribution is -2.24. The van der Waals surface area contributed by atoms with Crippen LogP contribution < -0.4 is 5.32 Å². The molecule has 21 heavy (non-hydrogen) atoms. The molecule has 1 heterocycles. The number of aryl methyl sites for hydroxylation is 1. The first-order valence-corrected chi connectivity index (χ1v) is 9.32. The van der Waals surface area contributed by atoms with Gasteiger partial charge in [0.1, 0.15) is 0 Å². The third kappa shape index (κ3) is 4.41. The summed E-state index contributed by atoms with van der Waals surface area (Å²) in [5, 5.41) is 3.72. The summed E-state index contributed by atoms with van der Waals surface area (Å²) in [5.74, 6) is 0. The molecule has 0 aliphatic heterocycles. The smallest absolute Gasteiger partial charge is 0.0371 e. The number of rotatable bonds is 7. The molecule has 1 N–H and O–H groups in total. The van der Waals surface area contributed by atoms with Crippen molar-refractivity contribution in [2.45, 2.75) is 46.1 Å². The molecule has 1 aromatic heterocycles. The van der Waals surface area contributed by atoms with Crippen molar-refractivity contribution in [3.63, 3.8) is 0 Å². The quantitative estimate of drug-likeness (QED) is 0.666. The third-order valence-corrected chi connectivity index (χ3v) is 5.91. The van der Waals surface area contributed by atoms with Crippen LogP contribution in [0.1, 0.15) is 47.2 Å². The fourth-order valence-corrected chi connectivity index (χ4v) is 3.92. The van der Waals surface area contributed by atoms with Crippen molar-refractivity contribution < 1.29 is 0 Å². The van der Waals surface area contributed by atoms with Gasteiger partial charge < -0.3 is 5.32 Å². The van der Waals surface area contributed by atoms with Crippen LogP contribution in [0.3, 0.4) is 0 Å². The molecule has 0 aliphatic carbocycles. The average molecular weight is 366 g/mol. The molecule has 1 unspecified atom stereocenters. The second kappa shape index (κ2) is 8.11. The predicted molar refractivity (Wildman–Crippen MR) is 97.3 cm³/mol. The maximum absolute atomic E-state index is 3.72. The van der Waals surface area contributed by atoms with E-state index in [1.807, 2.05) is 11.3 Å². The van der Waals surface area contributed by atoms with Gasteiger partial charge >= 0.3 is 0 Å². The molecule has 0 amide bonds. The molecule has 114 valence electrons. The predicted octanol–water partition coefficient (Wildman–Crippen LogP) is 5.66. The number of nitrogens with one attached hydrogen (secondary N) is 1. The first-order chi connectivity index (χ1) is 10.2. The minimum atomic E-state index is 0.394. The first-order valence-electron chi connectivity index (χ1n) is 7.71. The molecule has 0 radical (unpaired) electrons. The van der Waals surface area contributed by atoms with E-state index in [1.54, 1.807) is 0 Å². The van der Waals surface area contributed by atoms with Crippen LogP contribution in [0.4, 0.5) is 0 Å². The van der Waals surface area contributed by atoms with Crippen LogP contribution in [-0.4, -0.2) is 6.54 Å². The highest BCUT2D eigenvalue weighted by atomic mass is 79.9. The lowest BCUT2D eigenvalue weighted by molar-refractivity contribution is 0.530. The lowest BCUT2D eigenvalue weighted by atomic mass is 9.98. The Morgan fingerprint density at radius 3 is 2.57 bits per heavy atom. The molecular weight excluding hydrogens is 342 g/mol. The Kier molecular flexibility index (Phi) is 6.46. The van der Waals surface area contributed by atoms with Gasteiger partial charge in [-0.15, -0.1) is 11.3 Å². The third-order valence-electron chi connectivity index (χ3n) is 3.80. The Hall–Kier alpha value is -0.640. The van der Waals surface area contributed by atoms with Crippen molar-refractivity contribution in [1.82, 2.24) is 5.32 Å². The SMILES string of the molecule is CCCNC(Cc1ccc(CC)s1)c1cccc(Br)c1C. The fraction of sp³-hybridized carbons (Fsp3) is 0.444. The van der Waals surface area contributed by atoms with Crippen LogP contribution in [0.25, 0.3) is 0 Å². The molecule has 0 fully saturated rings. The van der Waals surface area contributed by atoms with Gasteiger partial charge in [0.15, 0.2) is 0 Å². The van der Waals surface area contributed by atoms with Gasteiger partial charge in [-0.25, -0.2) is 0 Å². The zero-order valence-electron chi connectivity index (χ0n) is 13.1. The van der Waals surface area contributed by atoms with E-state index in [4.69, 9.17) is 0 Å². The highest BCUT2D eigenvalue weighted by molar-refractivity contribution is 9.10. The van der Waals surface area contributed by atoms with Crippen molar-refractivity contribution in [2.75, 3.05) is 6.54 Å². The molecule has 0 aliphatic rings. The largest absolute Gasteiger partial charge is 0.310 e. The highest BCUT2D eigenvalue weighted by Crippen LogP contribution is 2.29. The summed E-state index contributed by atoms with van der Waals surface area (Å²) in [5.41, 5.74) is 2.75. The van der Waals surface area contributed by atoms with E-state index in [0.29, 0.717) is 6.04 Å². The zero-order chi connectivity index (χ0) is 15.2. The van der Waals surface area contributed by atoms with Gasteiger partial charge in [-0.05, 0) is 55.6 Å².